The van der Waals surface area contributed by atoms with Crippen LogP contribution in [0.25, 0.3) is 0 Å². The maximum Gasteiger partial charge on any atom is 0.256 e. The van der Waals surface area contributed by atoms with Gasteiger partial charge in [-0.15, -0.1) is 0 Å². The maximum atomic E-state index is 12.7. The standard InChI is InChI=1S/C21H36N2O3/c1-6-8-9-15-21(3,26-7-2)20(24)22-18-11-13-19(14-12-18)25-17-10-16-23(4)5/h11-14H,6-10,15-17H2,1-5H3,(H,22,24)/t21-/m1/s1. The zero-order valence-electron chi connectivity index (χ0n) is 17.1. The summed E-state index contributed by atoms with van der Waals surface area (Å²) < 4.78 is 11.5. The van der Waals surface area contributed by atoms with E-state index in [4.69, 9.17) is 9.47 Å². The second-order valence-electron chi connectivity index (χ2n) is 7.10. The lowest BCUT2D eigenvalue weighted by Gasteiger charge is -2.28. The molecule has 0 bridgehead atoms. The first-order valence-corrected chi connectivity index (χ1v) is 9.74. The highest BCUT2D eigenvalue weighted by atomic mass is 16.5. The van der Waals surface area contributed by atoms with E-state index in [2.05, 4.69) is 31.2 Å². The average Bonchev–Trinajstić information content (AvgIpc) is 2.60. The van der Waals surface area contributed by atoms with Crippen LogP contribution in [0, 0.1) is 0 Å². The Morgan fingerprint density at radius 1 is 1.12 bits per heavy atom. The molecule has 0 fully saturated rings. The van der Waals surface area contributed by atoms with Crippen LogP contribution in [0.2, 0.25) is 0 Å². The average molecular weight is 365 g/mol. The van der Waals surface area contributed by atoms with Gasteiger partial charge in [0.1, 0.15) is 11.4 Å². The summed E-state index contributed by atoms with van der Waals surface area (Å²) >= 11 is 0. The van der Waals surface area contributed by atoms with E-state index in [9.17, 15) is 4.79 Å². The fourth-order valence-electron chi connectivity index (χ4n) is 2.75. The van der Waals surface area contributed by atoms with Gasteiger partial charge in [0.2, 0.25) is 0 Å². The minimum atomic E-state index is -0.786. The summed E-state index contributed by atoms with van der Waals surface area (Å²) in [4.78, 5) is 14.8. The van der Waals surface area contributed by atoms with Crippen molar-refractivity contribution in [3.8, 4) is 5.75 Å². The van der Waals surface area contributed by atoms with Gasteiger partial charge in [-0.1, -0.05) is 26.2 Å². The Morgan fingerprint density at radius 3 is 2.38 bits per heavy atom. The molecule has 148 valence electrons. The normalized spacial score (nSPS) is 13.5. The summed E-state index contributed by atoms with van der Waals surface area (Å²) in [5, 5.41) is 2.98. The van der Waals surface area contributed by atoms with E-state index in [-0.39, 0.29) is 5.91 Å². The first-order chi connectivity index (χ1) is 12.4. The van der Waals surface area contributed by atoms with Gasteiger partial charge in [-0.25, -0.2) is 0 Å². The molecule has 26 heavy (non-hydrogen) atoms. The number of amides is 1. The first kappa shape index (κ1) is 22.5. The van der Waals surface area contributed by atoms with Crippen LogP contribution in [-0.4, -0.2) is 50.3 Å². The Kier molecular flexibility index (Phi) is 10.3. The number of anilines is 1. The Morgan fingerprint density at radius 2 is 1.81 bits per heavy atom. The van der Waals surface area contributed by atoms with Crippen molar-refractivity contribution in [3.05, 3.63) is 24.3 Å². The van der Waals surface area contributed by atoms with Gasteiger partial charge >= 0.3 is 0 Å². The Labute approximate surface area is 159 Å². The molecule has 0 saturated heterocycles. The molecule has 1 amide bonds. The lowest BCUT2D eigenvalue weighted by Crippen LogP contribution is -2.42. The van der Waals surface area contributed by atoms with Crippen molar-refractivity contribution in [2.45, 2.75) is 58.5 Å². The van der Waals surface area contributed by atoms with Crippen molar-refractivity contribution >= 4 is 11.6 Å². The molecule has 5 nitrogen and oxygen atoms in total. The van der Waals surface area contributed by atoms with Gasteiger partial charge < -0.3 is 19.7 Å². The van der Waals surface area contributed by atoms with Crippen LogP contribution in [0.5, 0.6) is 5.75 Å². The molecule has 0 saturated carbocycles. The highest BCUT2D eigenvalue weighted by molar-refractivity contribution is 5.97. The van der Waals surface area contributed by atoms with E-state index in [1.807, 2.05) is 38.1 Å². The van der Waals surface area contributed by atoms with Gasteiger partial charge in [0.25, 0.3) is 5.91 Å². The summed E-state index contributed by atoms with van der Waals surface area (Å²) in [7, 11) is 4.10. The monoisotopic (exact) mass is 364 g/mol. The van der Waals surface area contributed by atoms with Crippen LogP contribution >= 0.6 is 0 Å². The first-order valence-electron chi connectivity index (χ1n) is 9.74. The molecule has 1 aromatic carbocycles. The van der Waals surface area contributed by atoms with E-state index in [0.717, 1.165) is 50.1 Å². The lowest BCUT2D eigenvalue weighted by molar-refractivity contribution is -0.139. The number of hydrogen-bond acceptors (Lipinski definition) is 4. The summed E-state index contributed by atoms with van der Waals surface area (Å²) in [6.07, 6.45) is 4.93. The molecule has 0 spiro atoms. The summed E-state index contributed by atoms with van der Waals surface area (Å²) in [6, 6.07) is 7.52. The third-order valence-corrected chi connectivity index (χ3v) is 4.33. The summed E-state index contributed by atoms with van der Waals surface area (Å²) in [5.41, 5.74) is -0.0253. The van der Waals surface area contributed by atoms with Crippen molar-refractivity contribution in [3.63, 3.8) is 0 Å². The Bertz CT molecular complexity index is 516. The molecule has 0 unspecified atom stereocenters. The third-order valence-electron chi connectivity index (χ3n) is 4.33. The number of carbonyl (C=O) groups is 1. The van der Waals surface area contributed by atoms with Crippen LogP contribution in [-0.2, 0) is 9.53 Å². The molecule has 0 radical (unpaired) electrons. The highest BCUT2D eigenvalue weighted by Gasteiger charge is 2.33. The van der Waals surface area contributed by atoms with Gasteiger partial charge in [0, 0.05) is 18.8 Å². The van der Waals surface area contributed by atoms with Gasteiger partial charge in [-0.3, -0.25) is 4.79 Å². The van der Waals surface area contributed by atoms with Crippen LogP contribution in [0.4, 0.5) is 5.69 Å². The molecule has 1 atom stereocenters. The smallest absolute Gasteiger partial charge is 0.256 e. The minimum Gasteiger partial charge on any atom is -0.494 e. The molecule has 0 heterocycles. The minimum absolute atomic E-state index is 0.0879. The highest BCUT2D eigenvalue weighted by Crippen LogP contribution is 2.23. The van der Waals surface area contributed by atoms with Crippen LogP contribution < -0.4 is 10.1 Å². The van der Waals surface area contributed by atoms with Crippen molar-refractivity contribution in [1.82, 2.24) is 4.90 Å². The third kappa shape index (κ3) is 8.19. The number of nitrogens with zero attached hydrogens (tertiary/aromatic N) is 1. The van der Waals surface area contributed by atoms with Gasteiger partial charge in [0.05, 0.1) is 6.61 Å². The number of benzene rings is 1. The topological polar surface area (TPSA) is 50.8 Å². The largest absolute Gasteiger partial charge is 0.494 e. The van der Waals surface area contributed by atoms with Crippen molar-refractivity contribution in [1.29, 1.82) is 0 Å². The predicted octanol–water partition coefficient (Wildman–Crippen LogP) is 4.33. The fourth-order valence-corrected chi connectivity index (χ4v) is 2.75. The molecular formula is C21H36N2O3. The number of ether oxygens (including phenoxy) is 2. The zero-order chi connectivity index (χ0) is 19.4. The number of hydrogen-bond donors (Lipinski definition) is 1. The molecule has 0 aliphatic rings. The van der Waals surface area contributed by atoms with E-state index >= 15 is 0 Å². The molecule has 1 aromatic rings. The number of unbranched alkanes of at least 4 members (excludes halogenated alkanes) is 2. The molecule has 0 aliphatic heterocycles. The van der Waals surface area contributed by atoms with E-state index < -0.39 is 5.60 Å². The van der Waals surface area contributed by atoms with Gasteiger partial charge in [0.15, 0.2) is 0 Å². The maximum absolute atomic E-state index is 12.7. The predicted molar refractivity (Wildman–Crippen MR) is 108 cm³/mol. The van der Waals surface area contributed by atoms with Crippen molar-refractivity contribution < 1.29 is 14.3 Å². The molecule has 0 aromatic heterocycles. The molecule has 5 heteroatoms. The van der Waals surface area contributed by atoms with Crippen LogP contribution in [0.3, 0.4) is 0 Å². The van der Waals surface area contributed by atoms with E-state index in [1.54, 1.807) is 0 Å². The quantitative estimate of drug-likeness (QED) is 0.529. The second-order valence-corrected chi connectivity index (χ2v) is 7.10. The number of rotatable bonds is 13. The van der Waals surface area contributed by atoms with E-state index in [1.165, 1.54) is 0 Å². The Hall–Kier alpha value is -1.59. The fraction of sp³-hybridized carbons (Fsp3) is 0.667. The van der Waals surface area contributed by atoms with Gasteiger partial charge in [-0.2, -0.15) is 0 Å². The summed E-state index contributed by atoms with van der Waals surface area (Å²) in [6.45, 7) is 8.17. The Balaban J connectivity index is 2.55. The van der Waals surface area contributed by atoms with E-state index in [0.29, 0.717) is 13.2 Å². The molecule has 0 aliphatic carbocycles. The van der Waals surface area contributed by atoms with Crippen LogP contribution in [0.1, 0.15) is 52.9 Å². The SMILES string of the molecule is CCCCC[C@@](C)(OCC)C(=O)Nc1ccc(OCCCN(C)C)cc1. The molecular weight excluding hydrogens is 328 g/mol. The van der Waals surface area contributed by atoms with Crippen LogP contribution in [0.15, 0.2) is 24.3 Å². The zero-order valence-corrected chi connectivity index (χ0v) is 17.1. The summed E-state index contributed by atoms with van der Waals surface area (Å²) in [5.74, 6) is 0.729. The van der Waals surface area contributed by atoms with Crippen molar-refractivity contribution in [2.24, 2.45) is 0 Å². The second kappa shape index (κ2) is 11.9. The van der Waals surface area contributed by atoms with Crippen molar-refractivity contribution in [2.75, 3.05) is 39.2 Å². The number of carbonyl (C=O) groups excluding carboxylic acids is 1. The molecule has 1 N–H and O–H groups in total. The lowest BCUT2D eigenvalue weighted by atomic mass is 9.96. The molecule has 1 rings (SSSR count). The van der Waals surface area contributed by atoms with Gasteiger partial charge in [-0.05, 0) is 65.0 Å². The number of nitrogens with one attached hydrogen (secondary N) is 1.